The first-order valence-corrected chi connectivity index (χ1v) is 7.63. The largest absolute Gasteiger partial charge is 0.334 e. The third-order valence-electron chi connectivity index (χ3n) is 4.10. The van der Waals surface area contributed by atoms with Gasteiger partial charge in [0.1, 0.15) is 17.9 Å². The van der Waals surface area contributed by atoms with E-state index >= 15 is 0 Å². The third-order valence-corrected chi connectivity index (χ3v) is 4.10. The number of quaternary nitrogens is 1. The van der Waals surface area contributed by atoms with Gasteiger partial charge in [-0.05, 0) is 25.0 Å². The maximum Gasteiger partial charge on any atom is 0.334 e. The van der Waals surface area contributed by atoms with Crippen LogP contribution in [0.25, 0.3) is 5.69 Å². The fourth-order valence-corrected chi connectivity index (χ4v) is 3.02. The highest BCUT2D eigenvalue weighted by molar-refractivity contribution is 5.53. The van der Waals surface area contributed by atoms with Crippen LogP contribution in [0.15, 0.2) is 33.9 Å². The smallest absolute Gasteiger partial charge is 0.324 e. The zero-order chi connectivity index (χ0) is 15.7. The highest BCUT2D eigenvalue weighted by atomic mass is 16.2. The predicted octanol–water partition coefficient (Wildman–Crippen LogP) is 0.0121. The molecule has 2 aromatic rings. The highest BCUT2D eigenvalue weighted by Crippen LogP contribution is 2.18. The molecule has 1 atom stereocenters. The lowest BCUT2D eigenvalue weighted by atomic mass is 10.1. The van der Waals surface area contributed by atoms with Crippen LogP contribution in [-0.4, -0.2) is 22.8 Å². The molecule has 3 N–H and O–H groups in total. The lowest BCUT2D eigenvalue weighted by molar-refractivity contribution is -0.912. The van der Waals surface area contributed by atoms with Crippen molar-refractivity contribution in [1.82, 2.24) is 9.55 Å². The lowest BCUT2D eigenvalue weighted by Gasteiger charge is -2.28. The van der Waals surface area contributed by atoms with E-state index in [0.717, 1.165) is 30.9 Å². The van der Waals surface area contributed by atoms with E-state index in [1.54, 1.807) is 4.57 Å². The van der Waals surface area contributed by atoms with Crippen LogP contribution in [0.4, 0.5) is 5.82 Å². The fourth-order valence-electron chi connectivity index (χ4n) is 3.02. The number of H-pyrrole nitrogens is 1. The zero-order valence-electron chi connectivity index (χ0n) is 12.9. The van der Waals surface area contributed by atoms with Crippen LogP contribution in [0, 0.1) is 6.92 Å². The van der Waals surface area contributed by atoms with E-state index < -0.39 is 5.69 Å². The summed E-state index contributed by atoms with van der Waals surface area (Å²) in [6.45, 7) is 6.43. The second kappa shape index (κ2) is 5.81. The van der Waals surface area contributed by atoms with Crippen LogP contribution < -0.4 is 21.5 Å². The molecule has 1 aromatic carbocycles. The van der Waals surface area contributed by atoms with Gasteiger partial charge in [-0.3, -0.25) is 9.78 Å². The molecule has 2 heterocycles. The summed E-state index contributed by atoms with van der Waals surface area (Å²) >= 11 is 0. The number of para-hydroxylation sites is 1. The van der Waals surface area contributed by atoms with Gasteiger partial charge in [0.2, 0.25) is 0 Å². The summed E-state index contributed by atoms with van der Waals surface area (Å²) < 4.78 is 1.58. The second-order valence-corrected chi connectivity index (χ2v) is 5.74. The number of anilines is 1. The van der Waals surface area contributed by atoms with Crippen molar-refractivity contribution in [3.05, 3.63) is 56.2 Å². The molecule has 0 fully saturated rings. The summed E-state index contributed by atoms with van der Waals surface area (Å²) in [7, 11) is 0. The number of nitrogens with one attached hydrogen (secondary N) is 3. The van der Waals surface area contributed by atoms with Crippen molar-refractivity contribution in [3.63, 3.8) is 0 Å². The number of benzene rings is 1. The molecule has 0 aliphatic carbocycles. The normalized spacial score (nSPS) is 16.9. The lowest BCUT2D eigenvalue weighted by Crippen LogP contribution is -3.12. The summed E-state index contributed by atoms with van der Waals surface area (Å²) in [5.41, 5.74) is 1.75. The molecule has 1 aliphatic rings. The van der Waals surface area contributed by atoms with Gasteiger partial charge >= 0.3 is 5.69 Å². The molecule has 0 amide bonds. The molecular weight excluding hydrogens is 280 g/mol. The zero-order valence-corrected chi connectivity index (χ0v) is 12.9. The topological polar surface area (TPSA) is 71.3 Å². The van der Waals surface area contributed by atoms with Crippen LogP contribution in [0.1, 0.15) is 24.5 Å². The van der Waals surface area contributed by atoms with Crippen LogP contribution in [0.5, 0.6) is 0 Å². The Labute approximate surface area is 128 Å². The molecule has 0 spiro atoms. The maximum atomic E-state index is 12.3. The van der Waals surface area contributed by atoms with Gasteiger partial charge in [0.25, 0.3) is 5.56 Å². The van der Waals surface area contributed by atoms with Gasteiger partial charge < -0.3 is 10.2 Å². The van der Waals surface area contributed by atoms with Crippen molar-refractivity contribution in [1.29, 1.82) is 0 Å². The number of rotatable bonds is 3. The Balaban J connectivity index is 2.18. The van der Waals surface area contributed by atoms with E-state index in [-0.39, 0.29) is 5.56 Å². The molecule has 0 saturated carbocycles. The predicted molar refractivity (Wildman–Crippen MR) is 85.7 cm³/mol. The van der Waals surface area contributed by atoms with E-state index in [4.69, 9.17) is 0 Å². The van der Waals surface area contributed by atoms with Gasteiger partial charge in [0, 0.05) is 0 Å². The third kappa shape index (κ3) is 2.46. The Morgan fingerprint density at radius 2 is 2.05 bits per heavy atom. The van der Waals surface area contributed by atoms with E-state index in [1.807, 2.05) is 31.2 Å². The molecular formula is C16H21N4O2+. The fraction of sp³-hybridized carbons (Fsp3) is 0.375. The number of hydrogen-bond donors (Lipinski definition) is 3. The molecule has 0 bridgehead atoms. The number of aromatic nitrogens is 2. The van der Waals surface area contributed by atoms with Crippen molar-refractivity contribution in [2.75, 3.05) is 18.5 Å². The minimum Gasteiger partial charge on any atom is -0.324 e. The molecule has 22 heavy (non-hydrogen) atoms. The second-order valence-electron chi connectivity index (χ2n) is 5.74. The summed E-state index contributed by atoms with van der Waals surface area (Å²) in [5, 5.41) is 3.28. The minimum atomic E-state index is -0.399. The van der Waals surface area contributed by atoms with Crippen molar-refractivity contribution in [2.24, 2.45) is 0 Å². The average Bonchev–Trinajstić information content (AvgIpc) is 2.50. The Bertz CT molecular complexity index is 807. The van der Waals surface area contributed by atoms with Crippen LogP contribution in [-0.2, 0) is 6.54 Å². The maximum absolute atomic E-state index is 12.3. The summed E-state index contributed by atoms with van der Waals surface area (Å²) in [6.07, 6.45) is 1.06. The van der Waals surface area contributed by atoms with Gasteiger partial charge in [0.15, 0.2) is 6.67 Å². The first-order valence-electron chi connectivity index (χ1n) is 7.63. The standard InChI is InChI=1S/C16H20N4O2/c1-3-8-19-9-12-14(17-10-19)20(16(22)18-15(12)21)13-7-5-4-6-11(13)2/h4-7,17H,3,8-10H2,1-2H3,(H,18,21,22)/p+1. The molecule has 6 heteroatoms. The SMILES string of the molecule is CCC[NH+]1CNc2c(c(=O)[nH]c(=O)n2-c2ccccc2C)C1. The van der Waals surface area contributed by atoms with Crippen molar-refractivity contribution >= 4 is 5.82 Å². The van der Waals surface area contributed by atoms with Gasteiger partial charge in [-0.15, -0.1) is 0 Å². The van der Waals surface area contributed by atoms with Crippen molar-refractivity contribution in [3.8, 4) is 5.69 Å². The van der Waals surface area contributed by atoms with E-state index in [1.165, 1.54) is 4.90 Å². The molecule has 0 radical (unpaired) electrons. The Morgan fingerprint density at radius 1 is 1.27 bits per heavy atom. The Morgan fingerprint density at radius 3 is 2.77 bits per heavy atom. The number of aromatic amines is 1. The monoisotopic (exact) mass is 301 g/mol. The van der Waals surface area contributed by atoms with E-state index in [0.29, 0.717) is 17.9 Å². The Hall–Kier alpha value is -2.34. The summed E-state index contributed by atoms with van der Waals surface area (Å²) in [6, 6.07) is 7.67. The van der Waals surface area contributed by atoms with Gasteiger partial charge in [-0.2, -0.15) is 0 Å². The van der Waals surface area contributed by atoms with Crippen LogP contribution >= 0.6 is 0 Å². The molecule has 3 rings (SSSR count). The van der Waals surface area contributed by atoms with Gasteiger partial charge in [0.05, 0.1) is 12.2 Å². The van der Waals surface area contributed by atoms with Gasteiger partial charge in [-0.1, -0.05) is 25.1 Å². The van der Waals surface area contributed by atoms with Crippen molar-refractivity contribution in [2.45, 2.75) is 26.8 Å². The molecule has 0 saturated heterocycles. The quantitative estimate of drug-likeness (QED) is 0.748. The first-order chi connectivity index (χ1) is 10.6. The molecule has 1 aliphatic heterocycles. The first kappa shape index (κ1) is 14.6. The van der Waals surface area contributed by atoms with E-state index in [2.05, 4.69) is 17.2 Å². The van der Waals surface area contributed by atoms with Gasteiger partial charge in [-0.25, -0.2) is 9.36 Å². The summed E-state index contributed by atoms with van der Waals surface area (Å²) in [4.78, 5) is 28.3. The molecule has 1 unspecified atom stereocenters. The van der Waals surface area contributed by atoms with Crippen LogP contribution in [0.3, 0.4) is 0 Å². The highest BCUT2D eigenvalue weighted by Gasteiger charge is 2.25. The van der Waals surface area contributed by atoms with Crippen molar-refractivity contribution < 1.29 is 4.90 Å². The average molecular weight is 301 g/mol. The minimum absolute atomic E-state index is 0.286. The molecule has 1 aromatic heterocycles. The molecule has 116 valence electrons. The number of nitrogens with zero attached hydrogens (tertiary/aromatic N) is 1. The van der Waals surface area contributed by atoms with Crippen LogP contribution in [0.2, 0.25) is 0 Å². The number of hydrogen-bond acceptors (Lipinski definition) is 3. The number of fused-ring (bicyclic) bond motifs is 1. The number of aryl methyl sites for hydroxylation is 1. The van der Waals surface area contributed by atoms with E-state index in [9.17, 15) is 9.59 Å². The Kier molecular flexibility index (Phi) is 3.85. The summed E-state index contributed by atoms with van der Waals surface area (Å²) in [5.74, 6) is 0.628. The molecule has 6 nitrogen and oxygen atoms in total.